The quantitative estimate of drug-likeness (QED) is 0.711. The molecular weight excluding hydrogens is 380 g/mol. The summed E-state index contributed by atoms with van der Waals surface area (Å²) in [4.78, 5) is 30.4. The van der Waals surface area contributed by atoms with Crippen molar-refractivity contribution in [3.8, 4) is 5.75 Å². The van der Waals surface area contributed by atoms with Gasteiger partial charge in [-0.15, -0.1) is 0 Å². The van der Waals surface area contributed by atoms with E-state index < -0.39 is 0 Å². The second-order valence-corrected chi connectivity index (χ2v) is 7.80. The molecule has 158 valence electrons. The molecule has 2 aromatic rings. The summed E-state index contributed by atoms with van der Waals surface area (Å²) in [6.07, 6.45) is 1.61. The Morgan fingerprint density at radius 2 is 1.83 bits per heavy atom. The summed E-state index contributed by atoms with van der Waals surface area (Å²) in [6, 6.07) is 15.1. The van der Waals surface area contributed by atoms with E-state index in [1.807, 2.05) is 41.3 Å². The van der Waals surface area contributed by atoms with Gasteiger partial charge in [0.2, 0.25) is 0 Å². The van der Waals surface area contributed by atoms with Crippen molar-refractivity contribution in [3.63, 3.8) is 0 Å². The fourth-order valence-corrected chi connectivity index (χ4v) is 4.28. The molecule has 30 heavy (non-hydrogen) atoms. The molecule has 1 amide bonds. The smallest absolute Gasteiger partial charge is 0.253 e. The van der Waals surface area contributed by atoms with Gasteiger partial charge in [-0.3, -0.25) is 9.59 Å². The van der Waals surface area contributed by atoms with Crippen molar-refractivity contribution >= 4 is 17.4 Å². The first-order valence-corrected chi connectivity index (χ1v) is 10.6. The lowest BCUT2D eigenvalue weighted by molar-refractivity contribution is 0.0636. The van der Waals surface area contributed by atoms with Crippen molar-refractivity contribution in [1.82, 2.24) is 4.90 Å². The van der Waals surface area contributed by atoms with Gasteiger partial charge in [-0.1, -0.05) is 18.2 Å². The van der Waals surface area contributed by atoms with E-state index in [0.717, 1.165) is 31.6 Å². The van der Waals surface area contributed by atoms with E-state index in [9.17, 15) is 9.59 Å². The van der Waals surface area contributed by atoms with Crippen LogP contribution < -0.4 is 9.64 Å². The number of anilines is 1. The molecule has 0 aromatic heterocycles. The number of Topliss-reactive ketones (excluding diaryl/α,β-unsaturated/α-hetero) is 1. The summed E-state index contributed by atoms with van der Waals surface area (Å²) in [6.45, 7) is 4.19. The van der Waals surface area contributed by atoms with Gasteiger partial charge in [0.25, 0.3) is 5.91 Å². The Morgan fingerprint density at radius 3 is 2.63 bits per heavy atom. The van der Waals surface area contributed by atoms with E-state index in [0.29, 0.717) is 43.2 Å². The monoisotopic (exact) mass is 408 g/mol. The number of ether oxygens (including phenoxy) is 2. The van der Waals surface area contributed by atoms with Crippen LogP contribution in [0.4, 0.5) is 5.69 Å². The summed E-state index contributed by atoms with van der Waals surface area (Å²) in [5, 5.41) is 0. The minimum absolute atomic E-state index is 0.0114. The molecule has 2 aliphatic heterocycles. The van der Waals surface area contributed by atoms with Gasteiger partial charge in [-0.25, -0.2) is 0 Å². The van der Waals surface area contributed by atoms with Gasteiger partial charge >= 0.3 is 0 Å². The number of ketones is 1. The Morgan fingerprint density at radius 1 is 1.03 bits per heavy atom. The van der Waals surface area contributed by atoms with Gasteiger partial charge in [0, 0.05) is 43.3 Å². The number of methoxy groups -OCH3 is 1. The Balaban J connectivity index is 1.48. The van der Waals surface area contributed by atoms with Crippen LogP contribution in [0, 0.1) is 5.92 Å². The number of hydrogen-bond donors (Lipinski definition) is 0. The molecule has 0 spiro atoms. The van der Waals surface area contributed by atoms with Gasteiger partial charge in [-0.2, -0.15) is 0 Å². The predicted octanol–water partition coefficient (Wildman–Crippen LogP) is 3.27. The molecule has 2 fully saturated rings. The van der Waals surface area contributed by atoms with Crippen molar-refractivity contribution < 1.29 is 19.1 Å². The summed E-state index contributed by atoms with van der Waals surface area (Å²) in [7, 11) is 1.57. The molecule has 6 nitrogen and oxygen atoms in total. The van der Waals surface area contributed by atoms with Crippen molar-refractivity contribution in [2.24, 2.45) is 5.92 Å². The standard InChI is InChI=1S/C24H28N2O4/c1-29-22-10-3-2-9-21(22)23(27)19-7-5-11-26(17-19)24(28)18-6-4-8-20(16-18)25-12-14-30-15-13-25/h2-4,6,8-10,16,19H,5,7,11-15,17H2,1H3. The number of benzene rings is 2. The number of nitrogens with zero attached hydrogens (tertiary/aromatic N) is 2. The number of amides is 1. The normalized spacial score (nSPS) is 19.4. The Labute approximate surface area is 177 Å². The third kappa shape index (κ3) is 4.33. The van der Waals surface area contributed by atoms with Gasteiger partial charge in [0.1, 0.15) is 5.75 Å². The maximum Gasteiger partial charge on any atom is 0.253 e. The van der Waals surface area contributed by atoms with Crippen LogP contribution in [0.15, 0.2) is 48.5 Å². The zero-order chi connectivity index (χ0) is 20.9. The highest BCUT2D eigenvalue weighted by Crippen LogP contribution is 2.27. The summed E-state index contributed by atoms with van der Waals surface area (Å²) in [5.41, 5.74) is 2.31. The first kappa shape index (κ1) is 20.4. The number of hydrogen-bond acceptors (Lipinski definition) is 5. The minimum atomic E-state index is -0.207. The van der Waals surface area contributed by atoms with Gasteiger partial charge in [0.05, 0.1) is 25.9 Å². The molecule has 0 N–H and O–H groups in total. The van der Waals surface area contributed by atoms with Gasteiger partial charge in [0.15, 0.2) is 5.78 Å². The summed E-state index contributed by atoms with van der Waals surface area (Å²) in [5.74, 6) is 0.417. The molecule has 2 heterocycles. The summed E-state index contributed by atoms with van der Waals surface area (Å²) >= 11 is 0. The Kier molecular flexibility index (Phi) is 6.33. The highest BCUT2D eigenvalue weighted by molar-refractivity contribution is 6.01. The van der Waals surface area contributed by atoms with Crippen LogP contribution in [-0.4, -0.2) is 63.1 Å². The molecule has 0 saturated carbocycles. The van der Waals surface area contributed by atoms with E-state index in [1.54, 1.807) is 19.2 Å². The Hall–Kier alpha value is -2.86. The first-order chi connectivity index (χ1) is 14.7. The van der Waals surface area contributed by atoms with E-state index >= 15 is 0 Å². The molecule has 0 bridgehead atoms. The maximum atomic E-state index is 13.2. The number of carbonyl (C=O) groups excluding carboxylic acids is 2. The predicted molar refractivity (Wildman–Crippen MR) is 115 cm³/mol. The number of likely N-dealkylation sites (tertiary alicyclic amines) is 1. The average molecular weight is 408 g/mol. The molecule has 0 aliphatic carbocycles. The van der Waals surface area contributed by atoms with Crippen molar-refractivity contribution in [3.05, 3.63) is 59.7 Å². The first-order valence-electron chi connectivity index (χ1n) is 10.6. The van der Waals surface area contributed by atoms with Crippen molar-refractivity contribution in [2.75, 3.05) is 51.4 Å². The zero-order valence-corrected chi connectivity index (χ0v) is 17.4. The second-order valence-electron chi connectivity index (χ2n) is 7.80. The van der Waals surface area contributed by atoms with E-state index in [1.165, 1.54) is 0 Å². The van der Waals surface area contributed by atoms with Crippen LogP contribution in [0.25, 0.3) is 0 Å². The van der Waals surface area contributed by atoms with E-state index in [2.05, 4.69) is 4.90 Å². The third-order valence-corrected chi connectivity index (χ3v) is 5.92. The van der Waals surface area contributed by atoms with E-state index in [4.69, 9.17) is 9.47 Å². The summed E-state index contributed by atoms with van der Waals surface area (Å²) < 4.78 is 10.8. The average Bonchev–Trinajstić information content (AvgIpc) is 2.83. The fraction of sp³-hybridized carbons (Fsp3) is 0.417. The number of para-hydroxylation sites is 1. The minimum Gasteiger partial charge on any atom is -0.496 e. The number of morpholine rings is 1. The van der Waals surface area contributed by atoms with Crippen LogP contribution in [0.3, 0.4) is 0 Å². The molecule has 2 saturated heterocycles. The number of carbonyl (C=O) groups is 2. The Bertz CT molecular complexity index is 908. The van der Waals surface area contributed by atoms with Crippen LogP contribution >= 0.6 is 0 Å². The van der Waals surface area contributed by atoms with Gasteiger partial charge < -0.3 is 19.3 Å². The molecule has 2 aliphatic rings. The van der Waals surface area contributed by atoms with E-state index in [-0.39, 0.29) is 17.6 Å². The van der Waals surface area contributed by atoms with Crippen molar-refractivity contribution in [2.45, 2.75) is 12.8 Å². The zero-order valence-electron chi connectivity index (χ0n) is 17.4. The SMILES string of the molecule is COc1ccccc1C(=O)C1CCCN(C(=O)c2cccc(N3CCOCC3)c2)C1. The lowest BCUT2D eigenvalue weighted by Crippen LogP contribution is -2.42. The number of rotatable bonds is 5. The number of piperidine rings is 1. The molecular formula is C24H28N2O4. The molecule has 6 heteroatoms. The lowest BCUT2D eigenvalue weighted by Gasteiger charge is -2.33. The van der Waals surface area contributed by atoms with Crippen LogP contribution in [0.2, 0.25) is 0 Å². The largest absolute Gasteiger partial charge is 0.496 e. The van der Waals surface area contributed by atoms with Gasteiger partial charge in [-0.05, 0) is 43.2 Å². The molecule has 4 rings (SSSR count). The molecule has 1 unspecified atom stereocenters. The topological polar surface area (TPSA) is 59.1 Å². The maximum absolute atomic E-state index is 13.2. The molecule has 1 atom stereocenters. The highest BCUT2D eigenvalue weighted by atomic mass is 16.5. The van der Waals surface area contributed by atoms with Crippen LogP contribution in [0.1, 0.15) is 33.6 Å². The van der Waals surface area contributed by atoms with Crippen LogP contribution in [0.5, 0.6) is 5.75 Å². The van der Waals surface area contributed by atoms with Crippen LogP contribution in [-0.2, 0) is 4.74 Å². The molecule has 2 aromatic carbocycles. The fourth-order valence-electron chi connectivity index (χ4n) is 4.28. The lowest BCUT2D eigenvalue weighted by atomic mass is 9.89. The van der Waals surface area contributed by atoms with Crippen molar-refractivity contribution in [1.29, 1.82) is 0 Å². The second kappa shape index (κ2) is 9.30. The molecule has 0 radical (unpaired) electrons. The highest BCUT2D eigenvalue weighted by Gasteiger charge is 2.31. The third-order valence-electron chi connectivity index (χ3n) is 5.92.